The van der Waals surface area contributed by atoms with Crippen molar-refractivity contribution in [3.8, 4) is 11.5 Å². The van der Waals surface area contributed by atoms with Crippen LogP contribution in [-0.4, -0.2) is 48.4 Å². The molecule has 0 saturated heterocycles. The highest BCUT2D eigenvalue weighted by Gasteiger charge is 2.31. The Hall–Kier alpha value is -6.04. The number of unbranched alkanes of at least 4 members (excludes halogenated alkanes) is 2. The molecule has 0 spiro atoms. The highest BCUT2D eigenvalue weighted by molar-refractivity contribution is 6.20. The Morgan fingerprint density at radius 3 is 1.11 bits per heavy atom. The first-order chi connectivity index (χ1) is 25.0. The average Bonchev–Trinajstić information content (AvgIpc) is 3.08. The van der Waals surface area contributed by atoms with Crippen molar-refractivity contribution >= 4 is 46.8 Å². The molecule has 4 amide bonds. The van der Waals surface area contributed by atoms with E-state index in [4.69, 9.17) is 30.4 Å². The fourth-order valence-electron chi connectivity index (χ4n) is 4.88. The van der Waals surface area contributed by atoms with E-state index < -0.39 is 35.2 Å². The third-order valence-electron chi connectivity index (χ3n) is 7.39. The second-order valence-electron chi connectivity index (χ2n) is 14.2. The minimum absolute atomic E-state index is 0.289. The molecule has 12 heteroatoms. The van der Waals surface area contributed by atoms with Crippen LogP contribution in [0.25, 0.3) is 0 Å². The van der Waals surface area contributed by atoms with Crippen molar-refractivity contribution in [1.29, 1.82) is 0 Å². The lowest BCUT2D eigenvalue weighted by atomic mass is 10.1. The molecule has 280 valence electrons. The minimum atomic E-state index is -0.797. The molecule has 4 N–H and O–H groups in total. The number of nitrogens with two attached hydrogens (primary N) is 2. The van der Waals surface area contributed by atoms with Crippen LogP contribution in [0.3, 0.4) is 0 Å². The smallest absolute Gasteiger partial charge is 0.422 e. The largest absolute Gasteiger partial charge is 0.494 e. The van der Waals surface area contributed by atoms with Crippen LogP contribution in [0, 0.1) is 0 Å². The summed E-state index contributed by atoms with van der Waals surface area (Å²) < 4.78 is 22.7. The van der Waals surface area contributed by atoms with E-state index in [1.54, 1.807) is 139 Å². The lowest BCUT2D eigenvalue weighted by Crippen LogP contribution is -2.41. The predicted octanol–water partition coefficient (Wildman–Crippen LogP) is 8.64. The number of carbonyl (C=O) groups is 4. The van der Waals surface area contributed by atoms with E-state index >= 15 is 0 Å². The van der Waals surface area contributed by atoms with Gasteiger partial charge in [0.25, 0.3) is 11.8 Å². The zero-order chi connectivity index (χ0) is 38.8. The van der Waals surface area contributed by atoms with Gasteiger partial charge in [-0.15, -0.1) is 0 Å². The summed E-state index contributed by atoms with van der Waals surface area (Å²) in [7, 11) is 0. The number of carbonyl (C=O) groups excluding carboxylic acids is 4. The quantitative estimate of drug-likeness (QED) is 0.107. The zero-order valence-corrected chi connectivity index (χ0v) is 31.1. The highest BCUT2D eigenvalue weighted by atomic mass is 16.6. The molecule has 0 aromatic heterocycles. The van der Waals surface area contributed by atoms with Crippen LogP contribution in [0.5, 0.6) is 11.5 Å². The van der Waals surface area contributed by atoms with Gasteiger partial charge in [-0.2, -0.15) is 0 Å². The summed E-state index contributed by atoms with van der Waals surface area (Å²) >= 11 is 0. The summed E-state index contributed by atoms with van der Waals surface area (Å²) in [4.78, 5) is 54.9. The molecule has 0 aliphatic rings. The topological polar surface area (TPSA) is 164 Å². The van der Waals surface area contributed by atoms with Gasteiger partial charge in [0.05, 0.1) is 24.6 Å². The number of hydrogen-bond donors (Lipinski definition) is 2. The first-order valence-corrected chi connectivity index (χ1v) is 17.3. The summed E-state index contributed by atoms with van der Waals surface area (Å²) in [5.74, 6) is 0.0891. The van der Waals surface area contributed by atoms with E-state index in [0.717, 1.165) is 29.1 Å². The Morgan fingerprint density at radius 1 is 0.491 bits per heavy atom. The van der Waals surface area contributed by atoms with Crippen molar-refractivity contribution in [1.82, 2.24) is 0 Å². The molecular weight excluding hydrogens is 676 g/mol. The van der Waals surface area contributed by atoms with Gasteiger partial charge < -0.3 is 30.4 Å². The maximum absolute atomic E-state index is 13.4. The first kappa shape index (κ1) is 39.7. The molecule has 53 heavy (non-hydrogen) atoms. The Bertz CT molecular complexity index is 1710. The second kappa shape index (κ2) is 17.5. The molecule has 0 saturated carbocycles. The van der Waals surface area contributed by atoms with E-state index in [1.165, 1.54) is 0 Å². The maximum atomic E-state index is 13.4. The Kier molecular flexibility index (Phi) is 13.1. The van der Waals surface area contributed by atoms with Gasteiger partial charge >= 0.3 is 12.2 Å². The van der Waals surface area contributed by atoms with Crippen molar-refractivity contribution in [3.05, 3.63) is 108 Å². The number of benzene rings is 4. The van der Waals surface area contributed by atoms with Crippen molar-refractivity contribution < 1.29 is 38.1 Å². The van der Waals surface area contributed by atoms with Crippen LogP contribution < -0.4 is 30.7 Å². The molecule has 4 aromatic carbocycles. The third kappa shape index (κ3) is 12.0. The fourth-order valence-corrected chi connectivity index (χ4v) is 4.88. The number of imide groups is 2. The monoisotopic (exact) mass is 724 g/mol. The molecule has 0 aliphatic heterocycles. The Balaban J connectivity index is 1.24. The number of ether oxygens (including phenoxy) is 4. The van der Waals surface area contributed by atoms with Crippen molar-refractivity contribution in [2.24, 2.45) is 0 Å². The van der Waals surface area contributed by atoms with E-state index in [9.17, 15) is 19.2 Å². The van der Waals surface area contributed by atoms with Crippen LogP contribution in [0.15, 0.2) is 97.1 Å². The maximum Gasteiger partial charge on any atom is 0.422 e. The molecule has 4 aromatic rings. The van der Waals surface area contributed by atoms with E-state index in [2.05, 4.69) is 0 Å². The van der Waals surface area contributed by atoms with Gasteiger partial charge in [0.2, 0.25) is 0 Å². The van der Waals surface area contributed by atoms with Gasteiger partial charge in [0.15, 0.2) is 0 Å². The molecule has 12 nitrogen and oxygen atoms in total. The van der Waals surface area contributed by atoms with Gasteiger partial charge in [-0.1, -0.05) is 0 Å². The van der Waals surface area contributed by atoms with E-state index in [0.29, 0.717) is 47.5 Å². The minimum Gasteiger partial charge on any atom is -0.494 e. The number of rotatable bonds is 12. The summed E-state index contributed by atoms with van der Waals surface area (Å²) in [6, 6.07) is 25.9. The van der Waals surface area contributed by atoms with Crippen LogP contribution in [0.4, 0.5) is 32.3 Å². The van der Waals surface area contributed by atoms with Gasteiger partial charge in [-0.25, -0.2) is 19.4 Å². The SMILES string of the molecule is CC(C)(C)OC(=O)N(C(=O)c1ccc(OCCCCCOc2ccc(C(=O)N(C(=O)OC(C)(C)C)c3ccc(N)cc3)cc2)cc1)c1ccc(N)cc1. The molecule has 0 radical (unpaired) electrons. The number of hydrogen-bond acceptors (Lipinski definition) is 10. The number of nitrogen functional groups attached to an aromatic ring is 2. The van der Waals surface area contributed by atoms with Crippen molar-refractivity contribution in [2.45, 2.75) is 72.0 Å². The average molecular weight is 725 g/mol. The predicted molar refractivity (Wildman–Crippen MR) is 206 cm³/mol. The van der Waals surface area contributed by atoms with Gasteiger partial charge in [-0.3, -0.25) is 9.59 Å². The number of nitrogens with zero attached hydrogens (tertiary/aromatic N) is 2. The molecule has 4 rings (SSSR count). The van der Waals surface area contributed by atoms with E-state index in [-0.39, 0.29) is 11.1 Å². The molecule has 0 unspecified atom stereocenters. The van der Waals surface area contributed by atoms with Crippen LogP contribution in [0.1, 0.15) is 81.5 Å². The summed E-state index contributed by atoms with van der Waals surface area (Å²) in [6.07, 6.45) is 0.798. The Labute approximate surface area is 310 Å². The van der Waals surface area contributed by atoms with E-state index in [1.807, 2.05) is 0 Å². The first-order valence-electron chi connectivity index (χ1n) is 17.3. The fraction of sp³-hybridized carbons (Fsp3) is 0.317. The van der Waals surface area contributed by atoms with Crippen molar-refractivity contribution in [3.63, 3.8) is 0 Å². The lowest BCUT2D eigenvalue weighted by Gasteiger charge is -2.26. The van der Waals surface area contributed by atoms with Crippen LogP contribution in [0.2, 0.25) is 0 Å². The Morgan fingerprint density at radius 2 is 0.811 bits per heavy atom. The number of anilines is 4. The van der Waals surface area contributed by atoms with Crippen LogP contribution >= 0.6 is 0 Å². The second-order valence-corrected chi connectivity index (χ2v) is 14.2. The summed E-state index contributed by atoms with van der Waals surface area (Å²) in [5.41, 5.74) is 12.3. The van der Waals surface area contributed by atoms with Crippen LogP contribution in [-0.2, 0) is 9.47 Å². The normalized spacial score (nSPS) is 11.3. The van der Waals surface area contributed by atoms with Crippen molar-refractivity contribution in [2.75, 3.05) is 34.5 Å². The molecule has 0 bridgehead atoms. The standard InChI is InChI=1S/C41H48N4O8/c1-40(2,3)52-38(48)44(32-18-14-30(42)15-19-32)36(46)28-10-22-34(23-11-28)50-26-8-7-9-27-51-35-24-12-29(13-25-35)37(47)45(39(49)53-41(4,5)6)33-20-16-31(43)17-21-33/h10-25H,7-9,26-27,42-43H2,1-6H3. The molecule has 0 fully saturated rings. The third-order valence-corrected chi connectivity index (χ3v) is 7.39. The molecule has 0 atom stereocenters. The lowest BCUT2D eigenvalue weighted by molar-refractivity contribution is 0.0548. The van der Waals surface area contributed by atoms with Gasteiger partial charge in [0, 0.05) is 22.5 Å². The molecular formula is C41H48N4O8. The van der Waals surface area contributed by atoms with Gasteiger partial charge in [-0.05, 0) is 158 Å². The molecule has 0 heterocycles. The van der Waals surface area contributed by atoms with Gasteiger partial charge in [0.1, 0.15) is 22.7 Å². The highest BCUT2D eigenvalue weighted by Crippen LogP contribution is 2.25. The summed E-state index contributed by atoms with van der Waals surface area (Å²) in [6.45, 7) is 11.3. The molecule has 0 aliphatic carbocycles. The summed E-state index contributed by atoms with van der Waals surface area (Å²) in [5, 5.41) is 0. The number of amides is 4. The zero-order valence-electron chi connectivity index (χ0n) is 31.1.